The third kappa shape index (κ3) is 4.47. The molecule has 3 aromatic rings. The molecule has 3 rings (SSSR count). The highest BCUT2D eigenvalue weighted by molar-refractivity contribution is 9.10. The summed E-state index contributed by atoms with van der Waals surface area (Å²) in [7, 11) is 1.59. The first-order chi connectivity index (χ1) is 12.7. The molecule has 7 nitrogen and oxygen atoms in total. The Morgan fingerprint density at radius 2 is 2.04 bits per heavy atom. The molecule has 1 N–H and O–H groups in total. The highest BCUT2D eigenvalue weighted by Gasteiger charge is 2.13. The number of anilines is 1. The quantitative estimate of drug-likeness (QED) is 0.597. The van der Waals surface area contributed by atoms with E-state index in [1.807, 2.05) is 24.3 Å². The van der Waals surface area contributed by atoms with Crippen molar-refractivity contribution < 1.29 is 14.3 Å². The predicted molar refractivity (Wildman–Crippen MR) is 101 cm³/mol. The van der Waals surface area contributed by atoms with Crippen molar-refractivity contribution in [2.24, 2.45) is 0 Å². The number of amides is 1. The van der Waals surface area contributed by atoms with Gasteiger partial charge in [0.25, 0.3) is 5.91 Å². The number of methoxy groups -OCH3 is 1. The van der Waals surface area contributed by atoms with E-state index in [0.717, 1.165) is 10.2 Å². The van der Waals surface area contributed by atoms with Crippen LogP contribution >= 0.6 is 15.9 Å². The zero-order chi connectivity index (χ0) is 18.4. The average molecular weight is 417 g/mol. The Morgan fingerprint density at radius 3 is 2.81 bits per heavy atom. The SMILES string of the molecule is COCCOc1ncccc1NC(=O)c1cnn(-c2ccc(Br)cc2)c1. The third-order valence-corrected chi connectivity index (χ3v) is 4.01. The number of pyridine rings is 1. The molecule has 0 atom stereocenters. The van der Waals surface area contributed by atoms with Gasteiger partial charge >= 0.3 is 0 Å². The van der Waals surface area contributed by atoms with Gasteiger partial charge < -0.3 is 14.8 Å². The van der Waals surface area contributed by atoms with Gasteiger partial charge in [-0.05, 0) is 36.4 Å². The third-order valence-electron chi connectivity index (χ3n) is 3.48. The van der Waals surface area contributed by atoms with Crippen molar-refractivity contribution in [3.05, 3.63) is 65.0 Å². The normalized spacial score (nSPS) is 10.5. The topological polar surface area (TPSA) is 78.3 Å². The van der Waals surface area contributed by atoms with Gasteiger partial charge in [0.05, 0.1) is 24.1 Å². The van der Waals surface area contributed by atoms with Crippen LogP contribution in [0.5, 0.6) is 5.88 Å². The fourth-order valence-electron chi connectivity index (χ4n) is 2.19. The molecule has 0 aliphatic heterocycles. The number of ether oxygens (including phenoxy) is 2. The van der Waals surface area contributed by atoms with Gasteiger partial charge in [0, 0.05) is 24.0 Å². The van der Waals surface area contributed by atoms with Gasteiger partial charge in [0.1, 0.15) is 12.3 Å². The number of rotatable bonds is 7. The van der Waals surface area contributed by atoms with E-state index in [0.29, 0.717) is 30.3 Å². The first kappa shape index (κ1) is 18.1. The van der Waals surface area contributed by atoms with Crippen LogP contribution in [0.3, 0.4) is 0 Å². The van der Waals surface area contributed by atoms with Gasteiger partial charge in [0.15, 0.2) is 0 Å². The lowest BCUT2D eigenvalue weighted by atomic mass is 10.3. The second-order valence-electron chi connectivity index (χ2n) is 5.30. The Balaban J connectivity index is 1.72. The smallest absolute Gasteiger partial charge is 0.259 e. The molecule has 0 bridgehead atoms. The van der Waals surface area contributed by atoms with Gasteiger partial charge in [-0.1, -0.05) is 15.9 Å². The monoisotopic (exact) mass is 416 g/mol. The maximum absolute atomic E-state index is 12.5. The minimum absolute atomic E-state index is 0.294. The van der Waals surface area contributed by atoms with Gasteiger partial charge in [0.2, 0.25) is 5.88 Å². The molecule has 26 heavy (non-hydrogen) atoms. The summed E-state index contributed by atoms with van der Waals surface area (Å²) in [6.07, 6.45) is 4.78. The van der Waals surface area contributed by atoms with Crippen molar-refractivity contribution in [3.8, 4) is 11.6 Å². The van der Waals surface area contributed by atoms with Gasteiger partial charge in [-0.15, -0.1) is 0 Å². The summed E-state index contributed by atoms with van der Waals surface area (Å²) in [5.74, 6) is 0.0520. The maximum atomic E-state index is 12.5. The molecular formula is C18H17BrN4O3. The van der Waals surface area contributed by atoms with Crippen LogP contribution in [-0.4, -0.2) is 41.0 Å². The zero-order valence-electron chi connectivity index (χ0n) is 14.1. The lowest BCUT2D eigenvalue weighted by molar-refractivity contribution is 0.102. The lowest BCUT2D eigenvalue weighted by Crippen LogP contribution is -2.14. The number of benzene rings is 1. The summed E-state index contributed by atoms with van der Waals surface area (Å²) < 4.78 is 13.1. The average Bonchev–Trinajstić information content (AvgIpc) is 3.14. The molecule has 0 aliphatic rings. The molecule has 2 aromatic heterocycles. The second kappa shape index (κ2) is 8.59. The molecule has 1 amide bonds. The minimum atomic E-state index is -0.294. The van der Waals surface area contributed by atoms with E-state index in [2.05, 4.69) is 31.3 Å². The summed E-state index contributed by atoms with van der Waals surface area (Å²) in [4.78, 5) is 16.7. The number of hydrogen-bond acceptors (Lipinski definition) is 5. The Bertz CT molecular complexity index is 880. The van der Waals surface area contributed by atoms with Crippen LogP contribution in [0.1, 0.15) is 10.4 Å². The van der Waals surface area contributed by atoms with Crippen molar-refractivity contribution >= 4 is 27.5 Å². The second-order valence-corrected chi connectivity index (χ2v) is 6.22. The van der Waals surface area contributed by atoms with E-state index in [1.165, 1.54) is 6.20 Å². The summed E-state index contributed by atoms with van der Waals surface area (Å²) in [6.45, 7) is 0.780. The van der Waals surface area contributed by atoms with E-state index < -0.39 is 0 Å². The fraction of sp³-hybridized carbons (Fsp3) is 0.167. The molecule has 0 radical (unpaired) electrons. The Kier molecular flexibility index (Phi) is 5.98. The number of halogens is 1. The van der Waals surface area contributed by atoms with Crippen LogP contribution in [-0.2, 0) is 4.74 Å². The van der Waals surface area contributed by atoms with Gasteiger partial charge in [-0.3, -0.25) is 4.79 Å². The molecule has 134 valence electrons. The van der Waals surface area contributed by atoms with Crippen LogP contribution in [0, 0.1) is 0 Å². The molecule has 1 aromatic carbocycles. The van der Waals surface area contributed by atoms with Crippen molar-refractivity contribution in [1.82, 2.24) is 14.8 Å². The number of carbonyl (C=O) groups is 1. The van der Waals surface area contributed by atoms with E-state index in [9.17, 15) is 4.79 Å². The lowest BCUT2D eigenvalue weighted by Gasteiger charge is -2.10. The minimum Gasteiger partial charge on any atom is -0.474 e. The summed E-state index contributed by atoms with van der Waals surface area (Å²) in [5.41, 5.74) is 1.78. The van der Waals surface area contributed by atoms with Crippen molar-refractivity contribution in [2.75, 3.05) is 25.6 Å². The van der Waals surface area contributed by atoms with Crippen molar-refractivity contribution in [2.45, 2.75) is 0 Å². The number of hydrogen-bond donors (Lipinski definition) is 1. The first-order valence-electron chi connectivity index (χ1n) is 7.86. The molecule has 0 saturated carbocycles. The van der Waals surface area contributed by atoms with Gasteiger partial charge in [-0.25, -0.2) is 9.67 Å². The number of nitrogens with zero attached hydrogens (tertiary/aromatic N) is 3. The number of carbonyl (C=O) groups excluding carboxylic acids is 1. The zero-order valence-corrected chi connectivity index (χ0v) is 15.6. The van der Waals surface area contributed by atoms with E-state index in [4.69, 9.17) is 9.47 Å². The van der Waals surface area contributed by atoms with Crippen LogP contribution in [0.4, 0.5) is 5.69 Å². The van der Waals surface area contributed by atoms with E-state index in [1.54, 1.807) is 36.3 Å². The molecule has 2 heterocycles. The van der Waals surface area contributed by atoms with Crippen LogP contribution in [0.25, 0.3) is 5.69 Å². The summed E-state index contributed by atoms with van der Waals surface area (Å²) in [5, 5.41) is 7.04. The fourth-order valence-corrected chi connectivity index (χ4v) is 2.46. The van der Waals surface area contributed by atoms with Crippen molar-refractivity contribution in [1.29, 1.82) is 0 Å². The number of nitrogens with one attached hydrogen (secondary N) is 1. The van der Waals surface area contributed by atoms with Crippen LogP contribution in [0.2, 0.25) is 0 Å². The van der Waals surface area contributed by atoms with E-state index >= 15 is 0 Å². The summed E-state index contributed by atoms with van der Waals surface area (Å²) in [6, 6.07) is 11.1. The Morgan fingerprint density at radius 1 is 1.23 bits per heavy atom. The highest BCUT2D eigenvalue weighted by atomic mass is 79.9. The Hall–Kier alpha value is -2.71. The number of aromatic nitrogens is 3. The molecule has 0 fully saturated rings. The van der Waals surface area contributed by atoms with Crippen LogP contribution in [0.15, 0.2) is 59.5 Å². The Labute approximate surface area is 159 Å². The molecule has 0 unspecified atom stereocenters. The predicted octanol–water partition coefficient (Wildman–Crippen LogP) is 3.31. The van der Waals surface area contributed by atoms with Gasteiger partial charge in [-0.2, -0.15) is 5.10 Å². The molecule has 0 aliphatic carbocycles. The first-order valence-corrected chi connectivity index (χ1v) is 8.65. The standard InChI is InChI=1S/C18H17BrN4O3/c1-25-9-10-26-18-16(3-2-8-20-18)22-17(24)13-11-21-23(12-13)15-6-4-14(19)5-7-15/h2-8,11-12H,9-10H2,1H3,(H,22,24). The molecule has 8 heteroatoms. The molecule has 0 spiro atoms. The molecule has 0 saturated heterocycles. The highest BCUT2D eigenvalue weighted by Crippen LogP contribution is 2.21. The summed E-state index contributed by atoms with van der Waals surface area (Å²) >= 11 is 3.39. The largest absolute Gasteiger partial charge is 0.474 e. The molecular weight excluding hydrogens is 400 g/mol. The maximum Gasteiger partial charge on any atom is 0.259 e. The van der Waals surface area contributed by atoms with Crippen molar-refractivity contribution in [3.63, 3.8) is 0 Å². The van der Waals surface area contributed by atoms with E-state index in [-0.39, 0.29) is 5.91 Å². The van der Waals surface area contributed by atoms with Crippen LogP contribution < -0.4 is 10.1 Å².